The van der Waals surface area contributed by atoms with Gasteiger partial charge in [0.15, 0.2) is 0 Å². The molecule has 6 nitrogen and oxygen atoms in total. The Morgan fingerprint density at radius 3 is 2.80 bits per heavy atom. The Morgan fingerprint density at radius 1 is 1.35 bits per heavy atom. The summed E-state index contributed by atoms with van der Waals surface area (Å²) in [4.78, 5) is 34.3. The quantitative estimate of drug-likeness (QED) is 0.876. The van der Waals surface area contributed by atoms with E-state index in [1.165, 1.54) is 22.9 Å². The Labute approximate surface area is 125 Å². The maximum atomic E-state index is 11.8. The van der Waals surface area contributed by atoms with Gasteiger partial charge in [-0.1, -0.05) is 0 Å². The molecular formula is C12H9BrN2O4S. The number of aromatic carboxylic acids is 1. The number of carboxylic acid groups (broad SMARTS) is 1. The lowest BCUT2D eigenvalue weighted by Crippen LogP contribution is -2.26. The maximum absolute atomic E-state index is 11.8. The Morgan fingerprint density at radius 2 is 2.10 bits per heavy atom. The SMILES string of the molecule is O=C(Cn1cc(Br)ccc1=O)Nc1sccc1C(=O)O. The van der Waals surface area contributed by atoms with E-state index in [9.17, 15) is 14.4 Å². The molecule has 2 rings (SSSR count). The number of pyridine rings is 1. The molecule has 1 amide bonds. The molecule has 0 saturated carbocycles. The van der Waals surface area contributed by atoms with Crippen molar-refractivity contribution < 1.29 is 14.7 Å². The van der Waals surface area contributed by atoms with Crippen LogP contribution in [0.1, 0.15) is 10.4 Å². The summed E-state index contributed by atoms with van der Waals surface area (Å²) < 4.78 is 1.90. The number of carbonyl (C=O) groups is 2. The lowest BCUT2D eigenvalue weighted by Gasteiger charge is -2.07. The average molecular weight is 357 g/mol. The Balaban J connectivity index is 2.13. The topological polar surface area (TPSA) is 88.4 Å². The van der Waals surface area contributed by atoms with E-state index in [-0.39, 0.29) is 22.7 Å². The van der Waals surface area contributed by atoms with Crippen LogP contribution in [0.15, 0.2) is 39.0 Å². The van der Waals surface area contributed by atoms with Gasteiger partial charge in [0.25, 0.3) is 5.56 Å². The first-order chi connectivity index (χ1) is 9.47. The first-order valence-electron chi connectivity index (χ1n) is 5.44. The number of carboxylic acids is 1. The fourth-order valence-electron chi connectivity index (χ4n) is 1.52. The number of thiophene rings is 1. The number of amides is 1. The van der Waals surface area contributed by atoms with Crippen LogP contribution < -0.4 is 10.9 Å². The van der Waals surface area contributed by atoms with Gasteiger partial charge in [0.05, 0.1) is 5.56 Å². The highest BCUT2D eigenvalue weighted by atomic mass is 79.9. The molecule has 2 aromatic rings. The van der Waals surface area contributed by atoms with Crippen LogP contribution in [0.3, 0.4) is 0 Å². The minimum atomic E-state index is -1.11. The molecule has 0 aromatic carbocycles. The zero-order chi connectivity index (χ0) is 14.7. The number of hydrogen-bond donors (Lipinski definition) is 2. The highest BCUT2D eigenvalue weighted by molar-refractivity contribution is 9.10. The van der Waals surface area contributed by atoms with Crippen LogP contribution in [0.5, 0.6) is 0 Å². The number of nitrogens with one attached hydrogen (secondary N) is 1. The van der Waals surface area contributed by atoms with E-state index in [1.807, 2.05) is 0 Å². The highest BCUT2D eigenvalue weighted by Crippen LogP contribution is 2.23. The largest absolute Gasteiger partial charge is 0.478 e. The van der Waals surface area contributed by atoms with Gasteiger partial charge in [-0.05, 0) is 33.4 Å². The summed E-state index contributed by atoms with van der Waals surface area (Å²) in [6.07, 6.45) is 1.49. The summed E-state index contributed by atoms with van der Waals surface area (Å²) in [5.41, 5.74) is -0.280. The third kappa shape index (κ3) is 3.34. The van der Waals surface area contributed by atoms with Crippen LogP contribution in [0.2, 0.25) is 0 Å². The molecule has 2 aromatic heterocycles. The van der Waals surface area contributed by atoms with Crippen molar-refractivity contribution >= 4 is 44.1 Å². The zero-order valence-corrected chi connectivity index (χ0v) is 12.4. The molecule has 0 aliphatic carbocycles. The third-order valence-electron chi connectivity index (χ3n) is 2.41. The van der Waals surface area contributed by atoms with E-state index in [1.54, 1.807) is 11.4 Å². The van der Waals surface area contributed by atoms with Gasteiger partial charge in [0, 0.05) is 16.7 Å². The molecular weight excluding hydrogens is 348 g/mol. The van der Waals surface area contributed by atoms with Gasteiger partial charge in [-0.3, -0.25) is 9.59 Å². The van der Waals surface area contributed by atoms with E-state index < -0.39 is 11.9 Å². The molecule has 0 spiro atoms. The molecule has 104 valence electrons. The zero-order valence-electron chi connectivity index (χ0n) is 10.00. The van der Waals surface area contributed by atoms with Crippen molar-refractivity contribution in [2.75, 3.05) is 5.32 Å². The Hall–Kier alpha value is -1.93. The van der Waals surface area contributed by atoms with E-state index in [0.717, 1.165) is 11.3 Å². The summed E-state index contributed by atoms with van der Waals surface area (Å²) in [5, 5.41) is 13.3. The van der Waals surface area contributed by atoms with Gasteiger partial charge in [0.1, 0.15) is 11.5 Å². The van der Waals surface area contributed by atoms with Gasteiger partial charge in [-0.15, -0.1) is 11.3 Å². The second-order valence-corrected chi connectivity index (χ2v) is 5.66. The fourth-order valence-corrected chi connectivity index (χ4v) is 2.70. The van der Waals surface area contributed by atoms with Crippen molar-refractivity contribution in [2.24, 2.45) is 0 Å². The lowest BCUT2D eigenvalue weighted by molar-refractivity contribution is -0.116. The molecule has 0 radical (unpaired) electrons. The minimum absolute atomic E-state index is 0.0324. The molecule has 2 heterocycles. The summed E-state index contributed by atoms with van der Waals surface area (Å²) >= 11 is 4.33. The van der Waals surface area contributed by atoms with Crippen LogP contribution >= 0.6 is 27.3 Å². The number of aromatic nitrogens is 1. The highest BCUT2D eigenvalue weighted by Gasteiger charge is 2.14. The molecule has 0 bridgehead atoms. The lowest BCUT2D eigenvalue weighted by atomic mass is 10.3. The number of carbonyl (C=O) groups excluding carboxylic acids is 1. The number of hydrogen-bond acceptors (Lipinski definition) is 4. The normalized spacial score (nSPS) is 10.2. The van der Waals surface area contributed by atoms with Gasteiger partial charge in [-0.2, -0.15) is 0 Å². The number of halogens is 1. The minimum Gasteiger partial charge on any atom is -0.478 e. The number of anilines is 1. The first kappa shape index (κ1) is 14.5. The predicted octanol–water partition coefficient (Wildman–Crippen LogP) is 2.01. The summed E-state index contributed by atoms with van der Waals surface area (Å²) in [7, 11) is 0. The van der Waals surface area contributed by atoms with Crippen LogP contribution in [0.4, 0.5) is 5.00 Å². The second kappa shape index (κ2) is 6.02. The molecule has 20 heavy (non-hydrogen) atoms. The third-order valence-corrected chi connectivity index (χ3v) is 3.71. The van der Waals surface area contributed by atoms with Crippen molar-refractivity contribution in [3.8, 4) is 0 Å². The number of rotatable bonds is 4. The molecule has 2 N–H and O–H groups in total. The molecule has 0 atom stereocenters. The molecule has 0 unspecified atom stereocenters. The standard InChI is InChI=1S/C12H9BrN2O4S/c13-7-1-2-10(17)15(5-7)6-9(16)14-11-8(12(18)19)3-4-20-11/h1-5H,6H2,(H,14,16)(H,18,19). The fraction of sp³-hybridized carbons (Fsp3) is 0.0833. The summed E-state index contributed by atoms with van der Waals surface area (Å²) in [6, 6.07) is 4.33. The summed E-state index contributed by atoms with van der Waals surface area (Å²) in [5.74, 6) is -1.57. The maximum Gasteiger partial charge on any atom is 0.338 e. The molecule has 8 heteroatoms. The van der Waals surface area contributed by atoms with Crippen molar-refractivity contribution in [3.63, 3.8) is 0 Å². The average Bonchev–Trinajstić information content (AvgIpc) is 2.82. The van der Waals surface area contributed by atoms with E-state index in [0.29, 0.717) is 4.47 Å². The Kier molecular flexibility index (Phi) is 4.35. The van der Waals surface area contributed by atoms with Crippen molar-refractivity contribution in [1.29, 1.82) is 0 Å². The van der Waals surface area contributed by atoms with E-state index in [2.05, 4.69) is 21.2 Å². The van der Waals surface area contributed by atoms with Crippen molar-refractivity contribution in [2.45, 2.75) is 6.54 Å². The summed E-state index contributed by atoms with van der Waals surface area (Å²) in [6.45, 7) is -0.185. The van der Waals surface area contributed by atoms with Crippen LogP contribution in [0.25, 0.3) is 0 Å². The van der Waals surface area contributed by atoms with Gasteiger partial charge in [-0.25, -0.2) is 4.79 Å². The molecule has 0 aliphatic rings. The van der Waals surface area contributed by atoms with Gasteiger partial charge in [0.2, 0.25) is 5.91 Å². The molecule has 0 fully saturated rings. The van der Waals surface area contributed by atoms with Crippen molar-refractivity contribution in [3.05, 3.63) is 50.2 Å². The van der Waals surface area contributed by atoms with Crippen LogP contribution in [-0.2, 0) is 11.3 Å². The van der Waals surface area contributed by atoms with Crippen LogP contribution in [-0.4, -0.2) is 21.6 Å². The van der Waals surface area contributed by atoms with E-state index >= 15 is 0 Å². The van der Waals surface area contributed by atoms with E-state index in [4.69, 9.17) is 5.11 Å². The molecule has 0 saturated heterocycles. The van der Waals surface area contributed by atoms with Gasteiger partial charge >= 0.3 is 5.97 Å². The predicted molar refractivity (Wildman–Crippen MR) is 78.3 cm³/mol. The Bertz CT molecular complexity index is 722. The smallest absolute Gasteiger partial charge is 0.338 e. The number of nitrogens with zero attached hydrogens (tertiary/aromatic N) is 1. The first-order valence-corrected chi connectivity index (χ1v) is 7.11. The van der Waals surface area contributed by atoms with Crippen LogP contribution in [0, 0.1) is 0 Å². The van der Waals surface area contributed by atoms with Crippen molar-refractivity contribution in [1.82, 2.24) is 4.57 Å². The monoisotopic (exact) mass is 356 g/mol. The second-order valence-electron chi connectivity index (χ2n) is 3.83. The van der Waals surface area contributed by atoms with Gasteiger partial charge < -0.3 is 15.0 Å². The molecule has 0 aliphatic heterocycles.